The SMILES string of the molecule is CNC(Cc1c(Br)c(C)nn1C)c1ccc(Cl)cn1. The lowest BCUT2D eigenvalue weighted by Gasteiger charge is -2.16. The van der Waals surface area contributed by atoms with Crippen molar-refractivity contribution in [1.29, 1.82) is 0 Å². The monoisotopic (exact) mass is 342 g/mol. The molecule has 1 N–H and O–H groups in total. The van der Waals surface area contributed by atoms with Crippen molar-refractivity contribution in [3.05, 3.63) is 44.9 Å². The summed E-state index contributed by atoms with van der Waals surface area (Å²) in [5.74, 6) is 0. The molecule has 0 amide bonds. The zero-order valence-electron chi connectivity index (χ0n) is 11.1. The molecule has 0 saturated carbocycles. The zero-order valence-corrected chi connectivity index (χ0v) is 13.5. The molecule has 19 heavy (non-hydrogen) atoms. The van der Waals surface area contributed by atoms with Crippen LogP contribution >= 0.6 is 27.5 Å². The number of halogens is 2. The molecule has 2 heterocycles. The van der Waals surface area contributed by atoms with E-state index in [9.17, 15) is 0 Å². The van der Waals surface area contributed by atoms with Crippen molar-refractivity contribution >= 4 is 27.5 Å². The van der Waals surface area contributed by atoms with Gasteiger partial charge in [0.1, 0.15) is 0 Å². The van der Waals surface area contributed by atoms with Crippen LogP contribution in [-0.4, -0.2) is 21.8 Å². The van der Waals surface area contributed by atoms with E-state index in [1.165, 1.54) is 0 Å². The summed E-state index contributed by atoms with van der Waals surface area (Å²) < 4.78 is 2.96. The normalized spacial score (nSPS) is 12.7. The van der Waals surface area contributed by atoms with Crippen LogP contribution in [0.3, 0.4) is 0 Å². The van der Waals surface area contributed by atoms with E-state index in [0.29, 0.717) is 5.02 Å². The van der Waals surface area contributed by atoms with Crippen LogP contribution in [-0.2, 0) is 13.5 Å². The molecule has 0 aliphatic rings. The summed E-state index contributed by atoms with van der Waals surface area (Å²) in [6, 6.07) is 3.93. The van der Waals surface area contributed by atoms with E-state index in [-0.39, 0.29) is 6.04 Å². The van der Waals surface area contributed by atoms with Crippen molar-refractivity contribution in [3.63, 3.8) is 0 Å². The third-order valence-corrected chi connectivity index (χ3v) is 4.37. The Labute approximate surface area is 126 Å². The lowest BCUT2D eigenvalue weighted by molar-refractivity contribution is 0.548. The van der Waals surface area contributed by atoms with Crippen molar-refractivity contribution in [2.24, 2.45) is 7.05 Å². The van der Waals surface area contributed by atoms with Gasteiger partial charge in [0.15, 0.2) is 0 Å². The summed E-state index contributed by atoms with van der Waals surface area (Å²) in [6.45, 7) is 1.99. The summed E-state index contributed by atoms with van der Waals surface area (Å²) in [5.41, 5.74) is 3.11. The molecule has 1 unspecified atom stereocenters. The average Bonchev–Trinajstić information content (AvgIpc) is 2.63. The van der Waals surface area contributed by atoms with E-state index in [1.807, 2.05) is 37.8 Å². The third-order valence-electron chi connectivity index (χ3n) is 3.11. The molecule has 2 rings (SSSR count). The largest absolute Gasteiger partial charge is 0.311 e. The van der Waals surface area contributed by atoms with Crippen molar-refractivity contribution in [2.75, 3.05) is 7.05 Å². The van der Waals surface area contributed by atoms with Crippen LogP contribution in [0.5, 0.6) is 0 Å². The second-order valence-electron chi connectivity index (χ2n) is 4.42. The van der Waals surface area contributed by atoms with Gasteiger partial charge in [-0.15, -0.1) is 0 Å². The molecule has 4 nitrogen and oxygen atoms in total. The number of aryl methyl sites for hydroxylation is 2. The summed E-state index contributed by atoms with van der Waals surface area (Å²) >= 11 is 9.46. The van der Waals surface area contributed by atoms with Gasteiger partial charge in [-0.25, -0.2) is 0 Å². The van der Waals surface area contributed by atoms with Crippen LogP contribution in [0.2, 0.25) is 5.02 Å². The molecule has 0 aliphatic carbocycles. The molecular weight excluding hydrogens is 328 g/mol. The minimum absolute atomic E-state index is 0.128. The molecule has 102 valence electrons. The molecule has 0 aromatic carbocycles. The van der Waals surface area contributed by atoms with E-state index >= 15 is 0 Å². The highest BCUT2D eigenvalue weighted by Gasteiger charge is 2.17. The summed E-state index contributed by atoms with van der Waals surface area (Å²) in [4.78, 5) is 4.37. The van der Waals surface area contributed by atoms with E-state index in [4.69, 9.17) is 11.6 Å². The minimum atomic E-state index is 0.128. The molecular formula is C13H16BrClN4. The fourth-order valence-electron chi connectivity index (χ4n) is 2.04. The lowest BCUT2D eigenvalue weighted by atomic mass is 10.1. The molecule has 6 heteroatoms. The number of aromatic nitrogens is 3. The summed E-state index contributed by atoms with van der Waals surface area (Å²) in [6.07, 6.45) is 2.48. The van der Waals surface area contributed by atoms with Gasteiger partial charge in [0.2, 0.25) is 0 Å². The van der Waals surface area contributed by atoms with E-state index < -0.39 is 0 Å². The Morgan fingerprint density at radius 1 is 1.47 bits per heavy atom. The number of nitrogens with zero attached hydrogens (tertiary/aromatic N) is 3. The van der Waals surface area contributed by atoms with Crippen molar-refractivity contribution in [1.82, 2.24) is 20.1 Å². The first-order valence-electron chi connectivity index (χ1n) is 5.99. The van der Waals surface area contributed by atoms with E-state index in [1.54, 1.807) is 6.20 Å². The topological polar surface area (TPSA) is 42.7 Å². The molecule has 2 aromatic rings. The summed E-state index contributed by atoms with van der Waals surface area (Å²) in [7, 11) is 3.88. The quantitative estimate of drug-likeness (QED) is 0.928. The van der Waals surface area contributed by atoms with Gasteiger partial charge in [-0.3, -0.25) is 9.67 Å². The molecule has 0 saturated heterocycles. The van der Waals surface area contributed by atoms with Crippen LogP contribution in [0.4, 0.5) is 0 Å². The van der Waals surface area contributed by atoms with E-state index in [0.717, 1.165) is 28.0 Å². The summed E-state index contributed by atoms with van der Waals surface area (Å²) in [5, 5.41) is 8.34. The Bertz CT molecular complexity index is 565. The predicted octanol–water partition coefficient (Wildman–Crippen LogP) is 3.04. The van der Waals surface area contributed by atoms with Gasteiger partial charge in [-0.1, -0.05) is 11.6 Å². The predicted molar refractivity (Wildman–Crippen MR) is 80.4 cm³/mol. The average molecular weight is 344 g/mol. The Morgan fingerprint density at radius 2 is 2.21 bits per heavy atom. The second-order valence-corrected chi connectivity index (χ2v) is 5.65. The Morgan fingerprint density at radius 3 is 2.68 bits per heavy atom. The van der Waals surface area contributed by atoms with Crippen LogP contribution in [0.15, 0.2) is 22.8 Å². The van der Waals surface area contributed by atoms with Crippen LogP contribution in [0.1, 0.15) is 23.1 Å². The van der Waals surface area contributed by atoms with Crippen molar-refractivity contribution < 1.29 is 0 Å². The Balaban J connectivity index is 2.26. The van der Waals surface area contributed by atoms with Crippen molar-refractivity contribution in [3.8, 4) is 0 Å². The second kappa shape index (κ2) is 6.03. The maximum atomic E-state index is 5.87. The number of rotatable bonds is 4. The number of pyridine rings is 1. The molecule has 0 fully saturated rings. The molecule has 0 spiro atoms. The maximum absolute atomic E-state index is 5.87. The molecule has 1 atom stereocenters. The highest BCUT2D eigenvalue weighted by molar-refractivity contribution is 9.10. The lowest BCUT2D eigenvalue weighted by Crippen LogP contribution is -2.21. The Kier molecular flexibility index (Phi) is 4.60. The smallest absolute Gasteiger partial charge is 0.0738 e. The van der Waals surface area contributed by atoms with Gasteiger partial charge in [-0.05, 0) is 42.0 Å². The first-order chi connectivity index (χ1) is 9.02. The van der Waals surface area contributed by atoms with Gasteiger partial charge in [0, 0.05) is 19.7 Å². The number of hydrogen-bond donors (Lipinski definition) is 1. The number of likely N-dealkylation sites (N-methyl/N-ethyl adjacent to an activating group) is 1. The third kappa shape index (κ3) is 3.16. The molecule has 0 bridgehead atoms. The first-order valence-corrected chi connectivity index (χ1v) is 7.16. The van der Waals surface area contributed by atoms with Gasteiger partial charge in [-0.2, -0.15) is 5.10 Å². The van der Waals surface area contributed by atoms with Gasteiger partial charge in [0.05, 0.1) is 32.6 Å². The first kappa shape index (κ1) is 14.5. The molecule has 2 aromatic heterocycles. The van der Waals surface area contributed by atoms with Crippen LogP contribution in [0.25, 0.3) is 0 Å². The van der Waals surface area contributed by atoms with Gasteiger partial charge < -0.3 is 5.32 Å². The standard InChI is InChI=1S/C13H16BrClN4/c1-8-13(14)12(19(3)18-8)6-11(16-2)10-5-4-9(15)7-17-10/h4-5,7,11,16H,6H2,1-3H3. The number of hydrogen-bond acceptors (Lipinski definition) is 3. The highest BCUT2D eigenvalue weighted by atomic mass is 79.9. The fraction of sp³-hybridized carbons (Fsp3) is 0.385. The minimum Gasteiger partial charge on any atom is -0.311 e. The van der Waals surface area contributed by atoms with Crippen molar-refractivity contribution in [2.45, 2.75) is 19.4 Å². The Hall–Kier alpha value is -0.910. The van der Waals surface area contributed by atoms with Crippen LogP contribution in [0, 0.1) is 6.92 Å². The fourth-order valence-corrected chi connectivity index (χ4v) is 2.65. The number of nitrogens with one attached hydrogen (secondary N) is 1. The van der Waals surface area contributed by atoms with Crippen LogP contribution < -0.4 is 5.32 Å². The van der Waals surface area contributed by atoms with Gasteiger partial charge in [0.25, 0.3) is 0 Å². The maximum Gasteiger partial charge on any atom is 0.0738 e. The highest BCUT2D eigenvalue weighted by Crippen LogP contribution is 2.25. The molecule has 0 aliphatic heterocycles. The zero-order chi connectivity index (χ0) is 14.0. The van der Waals surface area contributed by atoms with E-state index in [2.05, 4.69) is 31.3 Å². The molecule has 0 radical (unpaired) electrons. The van der Waals surface area contributed by atoms with Gasteiger partial charge >= 0.3 is 0 Å².